The van der Waals surface area contributed by atoms with Crippen LogP contribution in [0.2, 0.25) is 0 Å². The van der Waals surface area contributed by atoms with E-state index in [4.69, 9.17) is 4.74 Å². The lowest BCUT2D eigenvalue weighted by molar-refractivity contribution is 0.0590. The molecule has 0 N–H and O–H groups in total. The summed E-state index contributed by atoms with van der Waals surface area (Å²) in [6.07, 6.45) is 2.74. The van der Waals surface area contributed by atoms with Gasteiger partial charge >= 0.3 is 0 Å². The molecule has 0 spiro atoms. The summed E-state index contributed by atoms with van der Waals surface area (Å²) in [7, 11) is 3.32. The van der Waals surface area contributed by atoms with Gasteiger partial charge < -0.3 is 9.30 Å². The molecule has 1 aromatic heterocycles. The molecule has 0 amide bonds. The van der Waals surface area contributed by atoms with Gasteiger partial charge in [-0.3, -0.25) is 4.79 Å². The van der Waals surface area contributed by atoms with Crippen molar-refractivity contribution in [3.63, 3.8) is 0 Å². The second-order valence-electron chi connectivity index (χ2n) is 3.75. The first-order valence-electron chi connectivity index (χ1n) is 5.33. The summed E-state index contributed by atoms with van der Waals surface area (Å²) in [6.45, 7) is 0. The number of nitrogens with zero attached hydrogens (tertiary/aromatic N) is 2. The number of imidazole rings is 1. The molecule has 1 unspecified atom stereocenters. The van der Waals surface area contributed by atoms with Crippen LogP contribution in [0.15, 0.2) is 42.7 Å². The summed E-state index contributed by atoms with van der Waals surface area (Å²) in [6, 6.07) is 9.41. The van der Waals surface area contributed by atoms with Crippen LogP contribution in [0.1, 0.15) is 22.3 Å². The van der Waals surface area contributed by atoms with E-state index in [1.165, 1.54) is 7.11 Å². The Labute approximate surface area is 99.9 Å². The normalized spacial score (nSPS) is 12.4. The number of aryl methyl sites for hydroxylation is 1. The number of rotatable bonds is 4. The molecule has 2 rings (SSSR count). The van der Waals surface area contributed by atoms with Crippen LogP contribution in [-0.4, -0.2) is 22.4 Å². The zero-order chi connectivity index (χ0) is 12.3. The monoisotopic (exact) mass is 230 g/mol. The maximum absolute atomic E-state index is 12.2. The highest BCUT2D eigenvalue weighted by Crippen LogP contribution is 2.20. The molecule has 4 heteroatoms. The predicted molar refractivity (Wildman–Crippen MR) is 63.7 cm³/mol. The van der Waals surface area contributed by atoms with E-state index in [-0.39, 0.29) is 5.78 Å². The molecule has 0 aliphatic carbocycles. The summed E-state index contributed by atoms with van der Waals surface area (Å²) >= 11 is 0. The molecular weight excluding hydrogens is 216 g/mol. The molecule has 0 aliphatic heterocycles. The quantitative estimate of drug-likeness (QED) is 0.754. The molecule has 88 valence electrons. The van der Waals surface area contributed by atoms with Gasteiger partial charge in [0.1, 0.15) is 6.10 Å². The van der Waals surface area contributed by atoms with Crippen LogP contribution in [-0.2, 0) is 11.8 Å². The summed E-state index contributed by atoms with van der Waals surface area (Å²) in [4.78, 5) is 16.3. The topological polar surface area (TPSA) is 44.1 Å². The van der Waals surface area contributed by atoms with E-state index in [1.54, 1.807) is 24.0 Å². The Balaban J connectivity index is 2.32. The van der Waals surface area contributed by atoms with Crippen LogP contribution >= 0.6 is 0 Å². The Morgan fingerprint density at radius 1 is 1.35 bits per heavy atom. The smallest absolute Gasteiger partial charge is 0.231 e. The van der Waals surface area contributed by atoms with Gasteiger partial charge in [0.25, 0.3) is 0 Å². The average molecular weight is 230 g/mol. The van der Waals surface area contributed by atoms with Crippen LogP contribution in [0.25, 0.3) is 0 Å². The van der Waals surface area contributed by atoms with E-state index in [1.807, 2.05) is 30.3 Å². The molecule has 1 atom stereocenters. The Morgan fingerprint density at radius 2 is 2.06 bits per heavy atom. The van der Waals surface area contributed by atoms with Crippen molar-refractivity contribution in [2.75, 3.05) is 7.11 Å². The van der Waals surface area contributed by atoms with Crippen LogP contribution in [0.4, 0.5) is 0 Å². The lowest BCUT2D eigenvalue weighted by atomic mass is 10.1. The van der Waals surface area contributed by atoms with Crippen molar-refractivity contribution in [2.24, 2.45) is 7.05 Å². The summed E-state index contributed by atoms with van der Waals surface area (Å²) in [5.74, 6) is 0.270. The molecule has 1 aromatic carbocycles. The van der Waals surface area contributed by atoms with Crippen molar-refractivity contribution in [3.05, 3.63) is 54.1 Å². The number of benzene rings is 1. The summed E-state index contributed by atoms with van der Waals surface area (Å²) in [5.41, 5.74) is 0.836. The van der Waals surface area contributed by atoms with Gasteiger partial charge in [-0.25, -0.2) is 4.98 Å². The minimum atomic E-state index is -0.600. The number of methoxy groups -OCH3 is 1. The number of hydrogen-bond acceptors (Lipinski definition) is 3. The van der Waals surface area contributed by atoms with Gasteiger partial charge in [-0.2, -0.15) is 0 Å². The SMILES string of the molecule is COC(C(=O)c1nccn1C)c1ccccc1. The molecule has 0 saturated carbocycles. The van der Waals surface area contributed by atoms with Crippen molar-refractivity contribution < 1.29 is 9.53 Å². The molecular formula is C13H14N2O2. The molecule has 1 heterocycles. The number of ketones is 1. The highest BCUT2D eigenvalue weighted by molar-refractivity contribution is 5.97. The molecule has 0 fully saturated rings. The predicted octanol–water partition coefficient (Wildman–Crippen LogP) is 1.99. The Morgan fingerprint density at radius 3 is 2.59 bits per heavy atom. The van der Waals surface area contributed by atoms with E-state index >= 15 is 0 Å². The molecule has 0 aliphatic rings. The minimum Gasteiger partial charge on any atom is -0.368 e. The highest BCUT2D eigenvalue weighted by Gasteiger charge is 2.24. The first kappa shape index (κ1) is 11.5. The van der Waals surface area contributed by atoms with Crippen LogP contribution < -0.4 is 0 Å². The van der Waals surface area contributed by atoms with Gasteiger partial charge in [-0.05, 0) is 5.56 Å². The number of hydrogen-bond donors (Lipinski definition) is 0. The maximum atomic E-state index is 12.2. The lowest BCUT2D eigenvalue weighted by Gasteiger charge is -2.13. The average Bonchev–Trinajstić information content (AvgIpc) is 2.77. The van der Waals surface area contributed by atoms with Crippen LogP contribution in [0.3, 0.4) is 0 Å². The Kier molecular flexibility index (Phi) is 3.35. The molecule has 0 bridgehead atoms. The first-order valence-corrected chi connectivity index (χ1v) is 5.33. The minimum absolute atomic E-state index is 0.133. The number of Topliss-reactive ketones (excluding diaryl/α,β-unsaturated/α-hetero) is 1. The largest absolute Gasteiger partial charge is 0.368 e. The van der Waals surface area contributed by atoms with E-state index in [0.717, 1.165) is 5.56 Å². The van der Waals surface area contributed by atoms with E-state index in [0.29, 0.717) is 5.82 Å². The maximum Gasteiger partial charge on any atom is 0.231 e. The van der Waals surface area contributed by atoms with Gasteiger partial charge in [-0.1, -0.05) is 30.3 Å². The summed E-state index contributed by atoms with van der Waals surface area (Å²) in [5, 5.41) is 0. The third-order valence-electron chi connectivity index (χ3n) is 2.62. The van der Waals surface area contributed by atoms with Crippen LogP contribution in [0, 0.1) is 0 Å². The van der Waals surface area contributed by atoms with Gasteiger partial charge in [0.2, 0.25) is 5.78 Å². The first-order chi connectivity index (χ1) is 8.24. The molecule has 0 radical (unpaired) electrons. The van der Waals surface area contributed by atoms with Crippen molar-refractivity contribution >= 4 is 5.78 Å². The zero-order valence-corrected chi connectivity index (χ0v) is 9.83. The third kappa shape index (κ3) is 2.26. The number of carbonyl (C=O) groups excluding carboxylic acids is 1. The zero-order valence-electron chi connectivity index (χ0n) is 9.83. The lowest BCUT2D eigenvalue weighted by Crippen LogP contribution is -2.18. The molecule has 4 nitrogen and oxygen atoms in total. The van der Waals surface area contributed by atoms with Gasteiger partial charge in [0.05, 0.1) is 0 Å². The van der Waals surface area contributed by atoms with Crippen molar-refractivity contribution in [1.82, 2.24) is 9.55 Å². The van der Waals surface area contributed by atoms with E-state index in [9.17, 15) is 4.79 Å². The third-order valence-corrected chi connectivity index (χ3v) is 2.62. The van der Waals surface area contributed by atoms with Crippen LogP contribution in [0.5, 0.6) is 0 Å². The van der Waals surface area contributed by atoms with Gasteiger partial charge in [0, 0.05) is 26.6 Å². The highest BCUT2D eigenvalue weighted by atomic mass is 16.5. The second kappa shape index (κ2) is 4.93. The van der Waals surface area contributed by atoms with E-state index < -0.39 is 6.10 Å². The summed E-state index contributed by atoms with van der Waals surface area (Å²) < 4.78 is 6.97. The fourth-order valence-corrected chi connectivity index (χ4v) is 1.74. The van der Waals surface area contributed by atoms with Gasteiger partial charge in [-0.15, -0.1) is 0 Å². The van der Waals surface area contributed by atoms with Crippen molar-refractivity contribution in [1.29, 1.82) is 0 Å². The van der Waals surface area contributed by atoms with E-state index in [2.05, 4.69) is 4.98 Å². The molecule has 0 saturated heterocycles. The molecule has 2 aromatic rings. The fraction of sp³-hybridized carbons (Fsp3) is 0.231. The number of aromatic nitrogens is 2. The standard InChI is InChI=1S/C13H14N2O2/c1-15-9-8-14-13(15)11(16)12(17-2)10-6-4-3-5-7-10/h3-9,12H,1-2H3. The van der Waals surface area contributed by atoms with Gasteiger partial charge in [0.15, 0.2) is 5.82 Å². The number of ether oxygens (including phenoxy) is 1. The fourth-order valence-electron chi connectivity index (χ4n) is 1.74. The second-order valence-corrected chi connectivity index (χ2v) is 3.75. The Bertz CT molecular complexity index is 505. The molecule has 17 heavy (non-hydrogen) atoms. The van der Waals surface area contributed by atoms with Crippen molar-refractivity contribution in [2.45, 2.75) is 6.10 Å². The Hall–Kier alpha value is -1.94. The number of carbonyl (C=O) groups is 1. The van der Waals surface area contributed by atoms with Crippen molar-refractivity contribution in [3.8, 4) is 0 Å².